The van der Waals surface area contributed by atoms with Crippen molar-refractivity contribution in [3.8, 4) is 0 Å². The molecule has 1 aromatic carbocycles. The molecule has 0 spiro atoms. The van der Waals surface area contributed by atoms with E-state index in [4.69, 9.17) is 5.73 Å². The van der Waals surface area contributed by atoms with E-state index >= 15 is 0 Å². The van der Waals surface area contributed by atoms with Gasteiger partial charge < -0.3 is 15.5 Å². The summed E-state index contributed by atoms with van der Waals surface area (Å²) in [5, 5.41) is 0. The first kappa shape index (κ1) is 19.5. The third-order valence-corrected chi connectivity index (χ3v) is 4.00. The summed E-state index contributed by atoms with van der Waals surface area (Å²) in [6.45, 7) is 5.16. The molecule has 1 aromatic rings. The second-order valence-electron chi connectivity index (χ2n) is 5.79. The van der Waals surface area contributed by atoms with Gasteiger partial charge in [0, 0.05) is 38.2 Å². The van der Waals surface area contributed by atoms with Crippen molar-refractivity contribution in [1.29, 1.82) is 0 Å². The molecule has 1 heterocycles. The number of hydrogen-bond acceptors (Lipinski definition) is 3. The Morgan fingerprint density at radius 1 is 1.13 bits per heavy atom. The molecule has 6 heteroatoms. The van der Waals surface area contributed by atoms with E-state index in [2.05, 4.69) is 0 Å². The van der Waals surface area contributed by atoms with Crippen LogP contribution in [0, 0.1) is 6.92 Å². The number of nitrogens with zero attached hydrogens (tertiary/aromatic N) is 2. The molecule has 0 saturated carbocycles. The van der Waals surface area contributed by atoms with Gasteiger partial charge in [-0.15, -0.1) is 12.4 Å². The number of halogens is 1. The molecule has 1 aliphatic rings. The van der Waals surface area contributed by atoms with Crippen LogP contribution in [0.5, 0.6) is 0 Å². The zero-order chi connectivity index (χ0) is 15.9. The predicted octanol–water partition coefficient (Wildman–Crippen LogP) is 1.83. The first-order chi connectivity index (χ1) is 10.6. The number of aryl methyl sites for hydroxylation is 1. The zero-order valence-electron chi connectivity index (χ0n) is 13.7. The maximum absolute atomic E-state index is 12.6. The fourth-order valence-corrected chi connectivity index (χ4v) is 2.74. The van der Waals surface area contributed by atoms with Crippen LogP contribution in [0.3, 0.4) is 0 Å². The lowest BCUT2D eigenvalue weighted by molar-refractivity contribution is -0.131. The third-order valence-electron chi connectivity index (χ3n) is 4.00. The summed E-state index contributed by atoms with van der Waals surface area (Å²) in [6.07, 6.45) is 2.05. The largest absolute Gasteiger partial charge is 0.341 e. The van der Waals surface area contributed by atoms with Crippen molar-refractivity contribution in [2.45, 2.75) is 26.2 Å². The number of hydrogen-bond donors (Lipinski definition) is 1. The van der Waals surface area contributed by atoms with Crippen LogP contribution in [0.1, 0.15) is 35.2 Å². The van der Waals surface area contributed by atoms with Gasteiger partial charge in [-0.2, -0.15) is 0 Å². The molecule has 1 fully saturated rings. The summed E-state index contributed by atoms with van der Waals surface area (Å²) in [6, 6.07) is 7.65. The second kappa shape index (κ2) is 9.53. The molecule has 2 N–H and O–H groups in total. The lowest BCUT2D eigenvalue weighted by atomic mass is 10.1. The van der Waals surface area contributed by atoms with Crippen molar-refractivity contribution in [3.63, 3.8) is 0 Å². The van der Waals surface area contributed by atoms with Gasteiger partial charge in [0.1, 0.15) is 0 Å². The summed E-state index contributed by atoms with van der Waals surface area (Å²) < 4.78 is 0. The third kappa shape index (κ3) is 5.52. The highest BCUT2D eigenvalue weighted by atomic mass is 35.5. The van der Waals surface area contributed by atoms with Gasteiger partial charge in [0.05, 0.1) is 0 Å². The molecule has 0 aliphatic carbocycles. The minimum absolute atomic E-state index is 0. The Morgan fingerprint density at radius 3 is 2.52 bits per heavy atom. The van der Waals surface area contributed by atoms with Gasteiger partial charge >= 0.3 is 0 Å². The van der Waals surface area contributed by atoms with Crippen molar-refractivity contribution in [2.24, 2.45) is 5.73 Å². The van der Waals surface area contributed by atoms with Crippen LogP contribution in [-0.4, -0.2) is 54.3 Å². The molecule has 1 aliphatic heterocycles. The molecule has 2 rings (SSSR count). The SMILES string of the molecule is Cc1cccc(C(=O)N2CCCN(C(=O)CCCN)CC2)c1.Cl. The summed E-state index contributed by atoms with van der Waals surface area (Å²) in [5.74, 6) is 0.204. The van der Waals surface area contributed by atoms with E-state index in [1.807, 2.05) is 41.0 Å². The summed E-state index contributed by atoms with van der Waals surface area (Å²) in [7, 11) is 0. The molecule has 128 valence electrons. The number of carbonyl (C=O) groups excluding carboxylic acids is 2. The Balaban J connectivity index is 0.00000264. The molecule has 0 unspecified atom stereocenters. The monoisotopic (exact) mass is 339 g/mol. The van der Waals surface area contributed by atoms with Crippen molar-refractivity contribution in [3.05, 3.63) is 35.4 Å². The van der Waals surface area contributed by atoms with Gasteiger partial charge in [0.2, 0.25) is 5.91 Å². The zero-order valence-corrected chi connectivity index (χ0v) is 14.5. The van der Waals surface area contributed by atoms with Crippen LogP contribution >= 0.6 is 12.4 Å². The minimum Gasteiger partial charge on any atom is -0.341 e. The number of benzene rings is 1. The molecule has 0 aromatic heterocycles. The molecule has 0 atom stereocenters. The Kier molecular flexibility index (Phi) is 8.06. The van der Waals surface area contributed by atoms with E-state index in [0.717, 1.165) is 30.5 Å². The highest BCUT2D eigenvalue weighted by molar-refractivity contribution is 5.94. The van der Waals surface area contributed by atoms with E-state index in [9.17, 15) is 9.59 Å². The first-order valence-electron chi connectivity index (χ1n) is 7.95. The lowest BCUT2D eigenvalue weighted by Gasteiger charge is -2.22. The number of nitrogens with two attached hydrogens (primary N) is 1. The molecule has 0 bridgehead atoms. The second-order valence-corrected chi connectivity index (χ2v) is 5.79. The van der Waals surface area contributed by atoms with E-state index in [1.165, 1.54) is 0 Å². The molecule has 1 saturated heterocycles. The molecule has 23 heavy (non-hydrogen) atoms. The predicted molar refractivity (Wildman–Crippen MR) is 93.8 cm³/mol. The average molecular weight is 340 g/mol. The topological polar surface area (TPSA) is 66.6 Å². The van der Waals surface area contributed by atoms with Crippen LogP contribution in [0.15, 0.2) is 24.3 Å². The van der Waals surface area contributed by atoms with E-state index in [0.29, 0.717) is 32.6 Å². The van der Waals surface area contributed by atoms with Gasteiger partial charge in [-0.1, -0.05) is 17.7 Å². The number of carbonyl (C=O) groups is 2. The maximum Gasteiger partial charge on any atom is 0.253 e. The molecular weight excluding hydrogens is 314 g/mol. The fraction of sp³-hybridized carbons (Fsp3) is 0.529. The molecule has 2 amide bonds. The maximum atomic E-state index is 12.6. The highest BCUT2D eigenvalue weighted by Crippen LogP contribution is 2.12. The summed E-state index contributed by atoms with van der Waals surface area (Å²) >= 11 is 0. The Hall–Kier alpha value is -1.59. The standard InChI is InChI=1S/C17H25N3O2.ClH/c1-14-5-2-6-15(13-14)17(22)20-10-4-9-19(11-12-20)16(21)7-3-8-18;/h2,5-6,13H,3-4,7-12,18H2,1H3;1H. The Morgan fingerprint density at radius 2 is 1.83 bits per heavy atom. The van der Waals surface area contributed by atoms with Crippen molar-refractivity contribution in [1.82, 2.24) is 9.80 Å². The summed E-state index contributed by atoms with van der Waals surface area (Å²) in [4.78, 5) is 28.3. The van der Waals surface area contributed by atoms with Gasteiger partial charge in [0.25, 0.3) is 5.91 Å². The van der Waals surface area contributed by atoms with Crippen molar-refractivity contribution in [2.75, 3.05) is 32.7 Å². The van der Waals surface area contributed by atoms with E-state index < -0.39 is 0 Å². The van der Waals surface area contributed by atoms with Crippen LogP contribution < -0.4 is 5.73 Å². The Bertz CT molecular complexity index is 536. The van der Waals surface area contributed by atoms with Gasteiger partial charge in [-0.3, -0.25) is 9.59 Å². The van der Waals surface area contributed by atoms with Crippen LogP contribution in [-0.2, 0) is 4.79 Å². The fourth-order valence-electron chi connectivity index (χ4n) is 2.74. The average Bonchev–Trinajstić information content (AvgIpc) is 2.78. The Labute approximate surface area is 144 Å². The van der Waals surface area contributed by atoms with Gasteiger partial charge in [-0.25, -0.2) is 0 Å². The van der Waals surface area contributed by atoms with E-state index in [1.54, 1.807) is 0 Å². The van der Waals surface area contributed by atoms with Crippen molar-refractivity contribution < 1.29 is 9.59 Å². The smallest absolute Gasteiger partial charge is 0.253 e. The van der Waals surface area contributed by atoms with Crippen molar-refractivity contribution >= 4 is 24.2 Å². The minimum atomic E-state index is 0. The molecule has 0 radical (unpaired) electrons. The molecule has 5 nitrogen and oxygen atoms in total. The van der Waals surface area contributed by atoms with E-state index in [-0.39, 0.29) is 24.2 Å². The van der Waals surface area contributed by atoms with Crippen LogP contribution in [0.25, 0.3) is 0 Å². The number of rotatable bonds is 4. The first-order valence-corrected chi connectivity index (χ1v) is 7.95. The van der Waals surface area contributed by atoms with Gasteiger partial charge in [-0.05, 0) is 38.4 Å². The normalized spacial score (nSPS) is 14.9. The quantitative estimate of drug-likeness (QED) is 0.910. The highest BCUT2D eigenvalue weighted by Gasteiger charge is 2.22. The lowest BCUT2D eigenvalue weighted by Crippen LogP contribution is -2.37. The molecular formula is C17H26ClN3O2. The summed E-state index contributed by atoms with van der Waals surface area (Å²) in [5.41, 5.74) is 7.26. The van der Waals surface area contributed by atoms with Gasteiger partial charge in [0.15, 0.2) is 0 Å². The van der Waals surface area contributed by atoms with Crippen LogP contribution in [0.2, 0.25) is 0 Å². The number of amides is 2. The van der Waals surface area contributed by atoms with Crippen LogP contribution in [0.4, 0.5) is 0 Å².